The molecule has 1 unspecified atom stereocenters. The molecule has 1 heterocycles. The summed E-state index contributed by atoms with van der Waals surface area (Å²) in [6, 6.07) is 0. The Bertz CT molecular complexity index is 290. The van der Waals surface area contributed by atoms with E-state index in [-0.39, 0.29) is 36.7 Å². The van der Waals surface area contributed by atoms with Crippen LogP contribution in [0.15, 0.2) is 4.99 Å². The van der Waals surface area contributed by atoms with Gasteiger partial charge >= 0.3 is 0 Å². The smallest absolute Gasteiger partial charge is 0.191 e. The number of aliphatic hydroxyl groups excluding tert-OH is 1. The van der Waals surface area contributed by atoms with Crippen molar-refractivity contribution in [3.05, 3.63) is 0 Å². The van der Waals surface area contributed by atoms with Crippen LogP contribution in [0.5, 0.6) is 0 Å². The lowest BCUT2D eigenvalue weighted by Gasteiger charge is -2.33. The second-order valence-corrected chi connectivity index (χ2v) is 5.52. The van der Waals surface area contributed by atoms with Gasteiger partial charge in [0.05, 0.1) is 25.9 Å². The summed E-state index contributed by atoms with van der Waals surface area (Å²) in [6.45, 7) is 12.4. The molecule has 1 fully saturated rings. The second-order valence-electron chi connectivity index (χ2n) is 5.52. The Morgan fingerprint density at radius 2 is 2.19 bits per heavy atom. The highest BCUT2D eigenvalue weighted by Gasteiger charge is 2.20. The van der Waals surface area contributed by atoms with Gasteiger partial charge in [0.1, 0.15) is 0 Å². The average Bonchev–Trinajstić information content (AvgIpc) is 2.41. The fourth-order valence-electron chi connectivity index (χ4n) is 2.28. The number of hydrogen-bond donors (Lipinski definition) is 3. The lowest BCUT2D eigenvalue weighted by molar-refractivity contribution is -0.0261. The number of nitrogens with zero attached hydrogens (tertiary/aromatic N) is 2. The van der Waals surface area contributed by atoms with Crippen molar-refractivity contribution in [1.29, 1.82) is 0 Å². The van der Waals surface area contributed by atoms with Gasteiger partial charge in [-0.05, 0) is 12.8 Å². The quantitative estimate of drug-likeness (QED) is 0.322. The maximum absolute atomic E-state index is 8.84. The molecule has 0 saturated carbocycles. The Morgan fingerprint density at radius 3 is 2.81 bits per heavy atom. The van der Waals surface area contributed by atoms with Gasteiger partial charge in [-0.2, -0.15) is 0 Å². The van der Waals surface area contributed by atoms with E-state index in [4.69, 9.17) is 9.84 Å². The monoisotopic (exact) mass is 414 g/mol. The summed E-state index contributed by atoms with van der Waals surface area (Å²) in [5, 5.41) is 15.1. The zero-order chi connectivity index (χ0) is 14.8. The molecule has 126 valence electrons. The van der Waals surface area contributed by atoms with E-state index in [1.807, 2.05) is 6.92 Å². The van der Waals surface area contributed by atoms with Gasteiger partial charge < -0.3 is 20.5 Å². The molecule has 0 aromatic rings. The maximum Gasteiger partial charge on any atom is 0.191 e. The third kappa shape index (κ3) is 9.49. The van der Waals surface area contributed by atoms with E-state index in [0.717, 1.165) is 38.7 Å². The number of hydrogen-bond acceptors (Lipinski definition) is 4. The van der Waals surface area contributed by atoms with Crippen LogP contribution in [0.4, 0.5) is 0 Å². The predicted octanol–water partition coefficient (Wildman–Crippen LogP) is 0.509. The van der Waals surface area contributed by atoms with Crippen molar-refractivity contribution in [3.63, 3.8) is 0 Å². The molecule has 7 heteroatoms. The molecule has 0 aromatic carbocycles. The predicted molar refractivity (Wildman–Crippen MR) is 97.5 cm³/mol. The van der Waals surface area contributed by atoms with Gasteiger partial charge in [0, 0.05) is 32.7 Å². The van der Waals surface area contributed by atoms with Crippen LogP contribution in [0.1, 0.15) is 20.8 Å². The van der Waals surface area contributed by atoms with Crippen LogP contribution in [0, 0.1) is 5.92 Å². The fraction of sp³-hybridized carbons (Fsp3) is 0.929. The summed E-state index contributed by atoms with van der Waals surface area (Å²) >= 11 is 0. The number of halogens is 1. The van der Waals surface area contributed by atoms with Crippen LogP contribution in [0.25, 0.3) is 0 Å². The Kier molecular flexibility index (Phi) is 12.4. The molecular formula is C14H31IN4O2. The largest absolute Gasteiger partial charge is 0.395 e. The molecular weight excluding hydrogens is 383 g/mol. The van der Waals surface area contributed by atoms with Gasteiger partial charge in [0.25, 0.3) is 0 Å². The molecule has 0 aromatic heterocycles. The molecule has 0 radical (unpaired) electrons. The Balaban J connectivity index is 0.00000400. The molecule has 1 aliphatic heterocycles. The Morgan fingerprint density at radius 1 is 1.43 bits per heavy atom. The van der Waals surface area contributed by atoms with Gasteiger partial charge in [0.2, 0.25) is 0 Å². The third-order valence-corrected chi connectivity index (χ3v) is 3.05. The zero-order valence-corrected chi connectivity index (χ0v) is 15.8. The Labute approximate surface area is 145 Å². The molecule has 1 rings (SSSR count). The van der Waals surface area contributed by atoms with E-state index in [2.05, 4.69) is 34.4 Å². The molecule has 0 aliphatic carbocycles. The molecule has 1 atom stereocenters. The van der Waals surface area contributed by atoms with Crippen LogP contribution in [0.2, 0.25) is 0 Å². The maximum atomic E-state index is 8.84. The number of aliphatic hydroxyl groups is 1. The first kappa shape index (κ1) is 20.9. The van der Waals surface area contributed by atoms with Gasteiger partial charge in [-0.15, -0.1) is 24.0 Å². The lowest BCUT2D eigenvalue weighted by Crippen LogP contribution is -2.46. The van der Waals surface area contributed by atoms with Gasteiger partial charge in [-0.3, -0.25) is 9.89 Å². The number of ether oxygens (including phenoxy) is 1. The molecule has 21 heavy (non-hydrogen) atoms. The number of aliphatic imine (C=N–C) groups is 1. The van der Waals surface area contributed by atoms with E-state index < -0.39 is 0 Å². The van der Waals surface area contributed by atoms with E-state index in [1.165, 1.54) is 0 Å². The van der Waals surface area contributed by atoms with E-state index >= 15 is 0 Å². The van der Waals surface area contributed by atoms with Crippen molar-refractivity contribution in [3.8, 4) is 0 Å². The van der Waals surface area contributed by atoms with Crippen LogP contribution in [-0.4, -0.2) is 74.6 Å². The van der Waals surface area contributed by atoms with E-state index in [0.29, 0.717) is 19.0 Å². The van der Waals surface area contributed by atoms with Crippen molar-refractivity contribution >= 4 is 29.9 Å². The summed E-state index contributed by atoms with van der Waals surface area (Å²) in [7, 11) is 0. The summed E-state index contributed by atoms with van der Waals surface area (Å²) in [5.41, 5.74) is 0. The SMILES string of the molecule is CCNC(=NCC1CN(CC(C)C)CCO1)NCCO.I. The second kappa shape index (κ2) is 12.4. The summed E-state index contributed by atoms with van der Waals surface area (Å²) in [4.78, 5) is 6.97. The number of nitrogens with one attached hydrogen (secondary N) is 2. The number of guanidine groups is 1. The van der Waals surface area contributed by atoms with Crippen LogP contribution >= 0.6 is 24.0 Å². The van der Waals surface area contributed by atoms with E-state index in [9.17, 15) is 0 Å². The third-order valence-electron chi connectivity index (χ3n) is 3.05. The lowest BCUT2D eigenvalue weighted by atomic mass is 10.2. The molecule has 3 N–H and O–H groups in total. The molecule has 1 aliphatic rings. The standard InChI is InChI=1S/C14H30N4O2.HI/c1-4-15-14(16-5-7-19)17-9-13-11-18(6-8-20-13)10-12(2)3;/h12-13,19H,4-11H2,1-3H3,(H2,15,16,17);1H. The molecule has 1 saturated heterocycles. The first-order valence-corrected chi connectivity index (χ1v) is 7.62. The highest BCUT2D eigenvalue weighted by atomic mass is 127. The normalized spacial score (nSPS) is 20.2. The Hall–Kier alpha value is -0.120. The van der Waals surface area contributed by atoms with Crippen LogP contribution < -0.4 is 10.6 Å². The van der Waals surface area contributed by atoms with Crippen molar-refractivity contribution in [1.82, 2.24) is 15.5 Å². The number of rotatable bonds is 7. The molecule has 0 spiro atoms. The van der Waals surface area contributed by atoms with Crippen molar-refractivity contribution in [2.45, 2.75) is 26.9 Å². The minimum Gasteiger partial charge on any atom is -0.395 e. The summed E-state index contributed by atoms with van der Waals surface area (Å²) < 4.78 is 5.77. The minimum absolute atomic E-state index is 0. The van der Waals surface area contributed by atoms with Crippen molar-refractivity contribution < 1.29 is 9.84 Å². The highest BCUT2D eigenvalue weighted by Crippen LogP contribution is 2.08. The minimum atomic E-state index is 0. The van der Waals surface area contributed by atoms with Gasteiger partial charge in [0.15, 0.2) is 5.96 Å². The molecule has 6 nitrogen and oxygen atoms in total. The molecule has 0 bridgehead atoms. The number of morpholine rings is 1. The fourth-order valence-corrected chi connectivity index (χ4v) is 2.28. The zero-order valence-electron chi connectivity index (χ0n) is 13.5. The molecule has 0 amide bonds. The summed E-state index contributed by atoms with van der Waals surface area (Å²) in [5.74, 6) is 1.42. The topological polar surface area (TPSA) is 69.1 Å². The van der Waals surface area contributed by atoms with Gasteiger partial charge in [-0.1, -0.05) is 13.8 Å². The highest BCUT2D eigenvalue weighted by molar-refractivity contribution is 14.0. The van der Waals surface area contributed by atoms with Crippen LogP contribution in [0.3, 0.4) is 0 Å². The average molecular weight is 414 g/mol. The van der Waals surface area contributed by atoms with Crippen LogP contribution in [-0.2, 0) is 4.74 Å². The summed E-state index contributed by atoms with van der Waals surface area (Å²) in [6.07, 6.45) is 0.159. The van der Waals surface area contributed by atoms with Crippen molar-refractivity contribution in [2.75, 3.05) is 52.5 Å². The van der Waals surface area contributed by atoms with Gasteiger partial charge in [-0.25, -0.2) is 0 Å². The van der Waals surface area contributed by atoms with E-state index in [1.54, 1.807) is 0 Å². The first-order valence-electron chi connectivity index (χ1n) is 7.62. The first-order chi connectivity index (χ1) is 9.65. The van der Waals surface area contributed by atoms with Crippen molar-refractivity contribution in [2.24, 2.45) is 10.9 Å².